The van der Waals surface area contributed by atoms with E-state index >= 15 is 0 Å². The van der Waals surface area contributed by atoms with E-state index in [1.165, 1.54) is 44.6 Å². The summed E-state index contributed by atoms with van der Waals surface area (Å²) in [5.41, 5.74) is 11.1. The number of halogens is 4. The molecule has 7 nitrogen and oxygen atoms in total. The van der Waals surface area contributed by atoms with Crippen molar-refractivity contribution in [1.29, 1.82) is 0 Å². The van der Waals surface area contributed by atoms with Gasteiger partial charge in [-0.25, -0.2) is 4.39 Å². The molecule has 1 amide bonds. The third kappa shape index (κ3) is 17.0. The summed E-state index contributed by atoms with van der Waals surface area (Å²) in [6.07, 6.45) is 8.09. The molecule has 1 aliphatic rings. The van der Waals surface area contributed by atoms with Gasteiger partial charge in [0.25, 0.3) is 5.91 Å². The number of hydrogen-bond acceptors (Lipinski definition) is 5. The Morgan fingerprint density at radius 1 is 0.951 bits per heavy atom. The number of rotatable bonds is 14. The van der Waals surface area contributed by atoms with Crippen LogP contribution in [0.15, 0.2) is 79.4 Å². The topological polar surface area (TPSA) is 102 Å². The van der Waals surface area contributed by atoms with Gasteiger partial charge in [-0.3, -0.25) is 14.5 Å². The van der Waals surface area contributed by atoms with Crippen molar-refractivity contribution in [2.24, 2.45) is 11.7 Å². The fraction of sp³-hybridized carbons (Fsp3) is 0.440. The molecule has 0 unspecified atom stereocenters. The van der Waals surface area contributed by atoms with Gasteiger partial charge in [0.1, 0.15) is 17.3 Å². The van der Waals surface area contributed by atoms with Gasteiger partial charge in [-0.15, -0.1) is 0 Å². The quantitative estimate of drug-likeness (QED) is 0.0968. The molecule has 3 N–H and O–H groups in total. The summed E-state index contributed by atoms with van der Waals surface area (Å²) < 4.78 is 57.5. The predicted octanol–water partition coefficient (Wildman–Crippen LogP) is 13.1. The monoisotopic (exact) mass is 850 g/mol. The van der Waals surface area contributed by atoms with Crippen LogP contribution in [0.1, 0.15) is 119 Å². The third-order valence-electron chi connectivity index (χ3n) is 10.3. The maximum absolute atomic E-state index is 13.4. The number of nitrogens with zero attached hydrogens (tertiary/aromatic N) is 1. The van der Waals surface area contributed by atoms with E-state index in [0.29, 0.717) is 17.5 Å². The summed E-state index contributed by atoms with van der Waals surface area (Å²) in [6, 6.07) is 19.4. The van der Waals surface area contributed by atoms with Crippen LogP contribution >= 0.6 is 0 Å². The number of carboxylic acids is 1. The predicted molar refractivity (Wildman–Crippen MR) is 242 cm³/mol. The normalized spacial score (nSPS) is 13.2. The van der Waals surface area contributed by atoms with Gasteiger partial charge in [0.15, 0.2) is 0 Å². The van der Waals surface area contributed by atoms with Crippen LogP contribution in [0.5, 0.6) is 11.5 Å². The Labute approximate surface area is 360 Å². The van der Waals surface area contributed by atoms with Gasteiger partial charge in [0, 0.05) is 24.9 Å². The molecule has 0 aromatic heterocycles. The molecular weight excluding hydrogens is 785 g/mol. The maximum Gasteiger partial charge on any atom is 0.388 e. The van der Waals surface area contributed by atoms with E-state index in [-0.39, 0.29) is 12.0 Å². The minimum Gasteiger partial charge on any atom is -0.496 e. The smallest absolute Gasteiger partial charge is 0.388 e. The highest BCUT2D eigenvalue weighted by Gasteiger charge is 2.23. The molecular formula is C50H66F4N2O5. The number of carbonyl (C=O) groups is 2. The Balaban J connectivity index is 0.000000362. The number of amides is 1. The highest BCUT2D eigenvalue weighted by atomic mass is 19.4. The molecule has 1 saturated heterocycles. The second-order valence-corrected chi connectivity index (χ2v) is 15.2. The molecule has 334 valence electrons. The van der Waals surface area contributed by atoms with E-state index in [2.05, 4.69) is 68.7 Å². The molecule has 1 heterocycles. The van der Waals surface area contributed by atoms with Crippen molar-refractivity contribution in [3.05, 3.63) is 113 Å². The number of aliphatic carboxylic acids is 1. The van der Waals surface area contributed by atoms with E-state index < -0.39 is 30.3 Å². The van der Waals surface area contributed by atoms with E-state index in [0.717, 1.165) is 82.6 Å². The zero-order chi connectivity index (χ0) is 45.7. The zero-order valence-electron chi connectivity index (χ0n) is 37.3. The van der Waals surface area contributed by atoms with Crippen molar-refractivity contribution in [2.75, 3.05) is 27.3 Å². The number of nitrogens with two attached hydrogens (primary N) is 1. The number of unbranched alkanes of at least 4 members (excludes halogenated alkanes) is 1. The molecule has 4 aromatic carbocycles. The van der Waals surface area contributed by atoms with Crippen LogP contribution in [-0.2, 0) is 17.8 Å². The minimum absolute atomic E-state index is 0.0463. The SMILES string of the molecule is C=C(C)c1cc(C)c(C(N)=O)c(F)c1.CCC(F)(F)F.CCC/C=C\[C@H](C)CC.COc1ccc(CN2CCCCC2)c(OC)c1-c1cccc2c(CCC(=O)O)cccc12. The van der Waals surface area contributed by atoms with Crippen LogP contribution in [0, 0.1) is 18.7 Å². The summed E-state index contributed by atoms with van der Waals surface area (Å²) in [5.74, 6) is 0.276. The standard InChI is InChI=1S/C27H31NO4.C11H12FNO.C9H18.C3H5F3/c1-31-24-14-12-20(18-28-16-4-3-5-17-28)27(32-2)26(24)23-11-7-9-21-19(13-15-25(29)30)8-6-10-22(21)23;1-6(2)8-4-7(3)10(11(13)14)9(12)5-8;1-4-6-7-8-9(3)5-2;1-2-3(4,5)6/h6-12,14H,3-5,13,15-18H2,1-2H3,(H,29,30);4-5H,1H2,2-3H3,(H2,13,14);7-9H,4-6H2,1-3H3;2H2,1H3/b;;8-7-;/t;;9-;/m..1./s1. The molecule has 0 aliphatic carbocycles. The first kappa shape index (κ1) is 52.0. The number of methoxy groups -OCH3 is 2. The summed E-state index contributed by atoms with van der Waals surface area (Å²) >= 11 is 0. The zero-order valence-corrected chi connectivity index (χ0v) is 37.3. The molecule has 0 saturated carbocycles. The maximum atomic E-state index is 13.4. The number of piperidine rings is 1. The van der Waals surface area contributed by atoms with Gasteiger partial charge in [0.2, 0.25) is 0 Å². The number of primary amides is 1. The van der Waals surface area contributed by atoms with Gasteiger partial charge in [0.05, 0.1) is 25.3 Å². The second-order valence-electron chi connectivity index (χ2n) is 15.2. The Morgan fingerprint density at radius 2 is 1.59 bits per heavy atom. The van der Waals surface area contributed by atoms with Crippen LogP contribution in [-0.4, -0.2) is 55.4 Å². The summed E-state index contributed by atoms with van der Waals surface area (Å²) in [5, 5.41) is 11.3. The number of carboxylic acid groups (broad SMARTS) is 1. The molecule has 0 radical (unpaired) electrons. The van der Waals surface area contributed by atoms with Crippen LogP contribution in [0.4, 0.5) is 17.6 Å². The van der Waals surface area contributed by atoms with Crippen molar-refractivity contribution in [1.82, 2.24) is 4.90 Å². The number of fused-ring (bicyclic) bond motifs is 1. The van der Waals surface area contributed by atoms with Crippen LogP contribution < -0.4 is 15.2 Å². The summed E-state index contributed by atoms with van der Waals surface area (Å²) in [6.45, 7) is 18.0. The largest absolute Gasteiger partial charge is 0.496 e. The Hall–Kier alpha value is -5.16. The number of hydrogen-bond donors (Lipinski definition) is 2. The van der Waals surface area contributed by atoms with E-state index in [1.54, 1.807) is 34.1 Å². The van der Waals surface area contributed by atoms with Gasteiger partial charge in [-0.05, 0) is 104 Å². The highest BCUT2D eigenvalue weighted by molar-refractivity contribution is 6.01. The number of carbonyl (C=O) groups excluding carboxylic acids is 1. The number of allylic oxidation sites excluding steroid dienone is 3. The van der Waals surface area contributed by atoms with Crippen LogP contribution in [0.25, 0.3) is 27.5 Å². The fourth-order valence-electron chi connectivity index (χ4n) is 6.74. The number of alkyl halides is 3. The van der Waals surface area contributed by atoms with Gasteiger partial charge < -0.3 is 20.3 Å². The first-order valence-corrected chi connectivity index (χ1v) is 21.1. The van der Waals surface area contributed by atoms with Gasteiger partial charge in [-0.1, -0.05) is 120 Å². The lowest BCUT2D eigenvalue weighted by atomic mass is 9.92. The van der Waals surface area contributed by atoms with Crippen molar-refractivity contribution < 1.29 is 41.7 Å². The number of ether oxygens (including phenoxy) is 2. The molecule has 0 bridgehead atoms. The number of aryl methyl sites for hydroxylation is 2. The van der Waals surface area contributed by atoms with Crippen molar-refractivity contribution in [2.45, 2.75) is 112 Å². The molecule has 5 rings (SSSR count). The summed E-state index contributed by atoms with van der Waals surface area (Å²) in [4.78, 5) is 24.5. The highest BCUT2D eigenvalue weighted by Crippen LogP contribution is 2.44. The molecule has 1 atom stereocenters. The lowest BCUT2D eigenvalue weighted by molar-refractivity contribution is -0.137. The third-order valence-corrected chi connectivity index (χ3v) is 10.3. The van der Waals surface area contributed by atoms with E-state index in [9.17, 15) is 27.2 Å². The summed E-state index contributed by atoms with van der Waals surface area (Å²) in [7, 11) is 3.41. The first-order chi connectivity index (χ1) is 28.9. The molecule has 0 spiro atoms. The Bertz CT molecular complexity index is 2030. The number of likely N-dealkylation sites (tertiary alicyclic amines) is 1. The fourth-order valence-corrected chi connectivity index (χ4v) is 6.74. The lowest BCUT2D eigenvalue weighted by Gasteiger charge is -2.28. The number of benzene rings is 4. The van der Waals surface area contributed by atoms with Crippen molar-refractivity contribution >= 4 is 28.2 Å². The van der Waals surface area contributed by atoms with Crippen molar-refractivity contribution in [3.8, 4) is 22.6 Å². The average molecular weight is 851 g/mol. The molecule has 1 fully saturated rings. The molecule has 61 heavy (non-hydrogen) atoms. The Kier molecular flexibility index (Phi) is 22.4. The molecule has 11 heteroatoms. The second kappa shape index (κ2) is 26.2. The first-order valence-electron chi connectivity index (χ1n) is 21.1. The van der Waals surface area contributed by atoms with E-state index in [1.807, 2.05) is 24.3 Å². The van der Waals surface area contributed by atoms with Gasteiger partial charge >= 0.3 is 12.1 Å². The average Bonchev–Trinajstić information content (AvgIpc) is 3.22. The Morgan fingerprint density at radius 3 is 2.11 bits per heavy atom. The van der Waals surface area contributed by atoms with Crippen LogP contribution in [0.2, 0.25) is 0 Å². The van der Waals surface area contributed by atoms with Crippen molar-refractivity contribution in [3.63, 3.8) is 0 Å². The molecule has 4 aromatic rings. The van der Waals surface area contributed by atoms with Crippen LogP contribution in [0.3, 0.4) is 0 Å². The van der Waals surface area contributed by atoms with E-state index in [4.69, 9.17) is 20.3 Å². The van der Waals surface area contributed by atoms with Gasteiger partial charge in [-0.2, -0.15) is 13.2 Å². The lowest BCUT2D eigenvalue weighted by Crippen LogP contribution is -2.29. The minimum atomic E-state index is -3.96. The molecule has 1 aliphatic heterocycles.